The van der Waals surface area contributed by atoms with Gasteiger partial charge in [-0.25, -0.2) is 8.42 Å². The Morgan fingerprint density at radius 1 is 1.15 bits per heavy atom. The summed E-state index contributed by atoms with van der Waals surface area (Å²) in [5, 5.41) is 1.64. The van der Waals surface area contributed by atoms with Gasteiger partial charge in [-0.15, -0.1) is 11.3 Å². The fourth-order valence-corrected chi connectivity index (χ4v) is 4.35. The van der Waals surface area contributed by atoms with Crippen LogP contribution in [-0.2, 0) is 16.6 Å². The van der Waals surface area contributed by atoms with Gasteiger partial charge < -0.3 is 5.73 Å². The maximum absolute atomic E-state index is 12.6. The number of nitrogens with two attached hydrogens (primary N) is 1. The lowest BCUT2D eigenvalue weighted by atomic mass is 10.1. The third-order valence-electron chi connectivity index (χ3n) is 3.06. The first-order valence-electron chi connectivity index (χ1n) is 6.19. The quantitative estimate of drug-likeness (QED) is 0.944. The molecule has 0 unspecified atom stereocenters. The van der Waals surface area contributed by atoms with Crippen LogP contribution in [0.3, 0.4) is 0 Å². The fourth-order valence-electron chi connectivity index (χ4n) is 2.03. The van der Waals surface area contributed by atoms with Gasteiger partial charge in [0.15, 0.2) is 0 Å². The van der Waals surface area contributed by atoms with Crippen LogP contribution in [-0.4, -0.2) is 15.5 Å². The Balaban J connectivity index is 2.42. The highest BCUT2D eigenvalue weighted by Crippen LogP contribution is 2.27. The predicted octanol–water partition coefficient (Wildman–Crippen LogP) is 2.65. The molecule has 2 rings (SSSR count). The topological polar surface area (TPSA) is 63.4 Å². The average Bonchev–Trinajstić information content (AvgIpc) is 2.86. The number of hydrogen-bond acceptors (Lipinski definition) is 4. The molecule has 0 saturated heterocycles. The zero-order valence-corrected chi connectivity index (χ0v) is 13.4. The molecule has 0 radical (unpaired) electrons. The van der Waals surface area contributed by atoms with E-state index in [0.717, 1.165) is 16.0 Å². The van der Waals surface area contributed by atoms with Gasteiger partial charge in [0.05, 0.1) is 10.6 Å². The van der Waals surface area contributed by atoms with Crippen molar-refractivity contribution in [2.24, 2.45) is 5.73 Å². The van der Waals surface area contributed by atoms with Gasteiger partial charge in [-0.05, 0) is 43.2 Å². The Bertz CT molecular complexity index is 700. The predicted molar refractivity (Wildman–Crippen MR) is 83.7 cm³/mol. The van der Waals surface area contributed by atoms with Crippen molar-refractivity contribution in [1.29, 1.82) is 0 Å². The summed E-state index contributed by atoms with van der Waals surface area (Å²) in [6, 6.07) is 7.38. The SMILES string of the molecule is Cc1cc(C)cc(N(C)S(=O)(=O)c2csc(CN)c2)c1. The number of aryl methyl sites for hydroxylation is 2. The average molecular weight is 310 g/mol. The lowest BCUT2D eigenvalue weighted by Gasteiger charge is -2.19. The molecule has 0 bridgehead atoms. The molecule has 0 atom stereocenters. The summed E-state index contributed by atoms with van der Waals surface area (Å²) in [5.41, 5.74) is 8.28. The van der Waals surface area contributed by atoms with Crippen molar-refractivity contribution in [3.63, 3.8) is 0 Å². The molecule has 0 aliphatic heterocycles. The highest BCUT2D eigenvalue weighted by Gasteiger charge is 2.22. The zero-order chi connectivity index (χ0) is 14.9. The van der Waals surface area contributed by atoms with Crippen molar-refractivity contribution in [3.8, 4) is 0 Å². The number of thiophene rings is 1. The normalized spacial score (nSPS) is 11.6. The van der Waals surface area contributed by atoms with Crippen molar-refractivity contribution in [2.75, 3.05) is 11.4 Å². The molecule has 1 heterocycles. The van der Waals surface area contributed by atoms with E-state index in [0.29, 0.717) is 17.1 Å². The van der Waals surface area contributed by atoms with Crippen molar-refractivity contribution in [1.82, 2.24) is 0 Å². The standard InChI is InChI=1S/C14H18N2O2S2/c1-10-4-11(2)6-12(5-10)16(3)20(17,18)14-7-13(8-15)19-9-14/h4-7,9H,8,15H2,1-3H3. The van der Waals surface area contributed by atoms with E-state index in [2.05, 4.69) is 0 Å². The summed E-state index contributed by atoms with van der Waals surface area (Å²) in [4.78, 5) is 1.15. The molecule has 0 spiro atoms. The van der Waals surface area contributed by atoms with Crippen LogP contribution in [0.15, 0.2) is 34.5 Å². The van der Waals surface area contributed by atoms with Gasteiger partial charge >= 0.3 is 0 Å². The molecule has 0 amide bonds. The summed E-state index contributed by atoms with van der Waals surface area (Å²) in [5.74, 6) is 0. The minimum Gasteiger partial charge on any atom is -0.326 e. The second-order valence-electron chi connectivity index (χ2n) is 4.77. The lowest BCUT2D eigenvalue weighted by molar-refractivity contribution is 0.594. The van der Waals surface area contributed by atoms with Gasteiger partial charge in [0, 0.05) is 23.8 Å². The van der Waals surface area contributed by atoms with E-state index >= 15 is 0 Å². The summed E-state index contributed by atoms with van der Waals surface area (Å²) >= 11 is 1.36. The Morgan fingerprint density at radius 2 is 1.75 bits per heavy atom. The summed E-state index contributed by atoms with van der Waals surface area (Å²) < 4.78 is 26.5. The van der Waals surface area contributed by atoms with E-state index in [-0.39, 0.29) is 0 Å². The van der Waals surface area contributed by atoms with E-state index in [1.54, 1.807) is 18.5 Å². The summed E-state index contributed by atoms with van der Waals surface area (Å²) in [6.07, 6.45) is 0. The van der Waals surface area contributed by atoms with Crippen LogP contribution in [0.1, 0.15) is 16.0 Å². The molecule has 4 nitrogen and oxygen atoms in total. The van der Waals surface area contributed by atoms with Crippen LogP contribution in [0.25, 0.3) is 0 Å². The number of rotatable bonds is 4. The molecule has 2 aromatic rings. The number of sulfonamides is 1. The minimum atomic E-state index is -3.53. The maximum Gasteiger partial charge on any atom is 0.264 e. The largest absolute Gasteiger partial charge is 0.326 e. The van der Waals surface area contributed by atoms with Crippen LogP contribution in [0, 0.1) is 13.8 Å². The highest BCUT2D eigenvalue weighted by atomic mass is 32.2. The van der Waals surface area contributed by atoms with Crippen LogP contribution < -0.4 is 10.0 Å². The number of benzene rings is 1. The van der Waals surface area contributed by atoms with Gasteiger partial charge in [-0.2, -0.15) is 0 Å². The second kappa shape index (κ2) is 5.55. The summed E-state index contributed by atoms with van der Waals surface area (Å²) in [6.45, 7) is 4.26. The monoisotopic (exact) mass is 310 g/mol. The van der Waals surface area contributed by atoms with E-state index in [9.17, 15) is 8.42 Å². The van der Waals surface area contributed by atoms with Crippen molar-refractivity contribution in [2.45, 2.75) is 25.3 Å². The second-order valence-corrected chi connectivity index (χ2v) is 7.74. The molecule has 1 aromatic heterocycles. The molecule has 108 valence electrons. The molecule has 0 saturated carbocycles. The molecule has 2 N–H and O–H groups in total. The Kier molecular flexibility index (Phi) is 4.17. The molecule has 0 aliphatic rings. The van der Waals surface area contributed by atoms with E-state index < -0.39 is 10.0 Å². The Labute approximate surface area is 123 Å². The van der Waals surface area contributed by atoms with Crippen LogP contribution in [0.5, 0.6) is 0 Å². The lowest BCUT2D eigenvalue weighted by Crippen LogP contribution is -2.26. The molecule has 6 heteroatoms. The van der Waals surface area contributed by atoms with Gasteiger partial charge in [0.25, 0.3) is 10.0 Å². The first-order chi connectivity index (χ1) is 9.34. The fraction of sp³-hybridized carbons (Fsp3) is 0.286. The smallest absolute Gasteiger partial charge is 0.264 e. The van der Waals surface area contributed by atoms with Crippen molar-refractivity contribution >= 4 is 27.0 Å². The van der Waals surface area contributed by atoms with Gasteiger partial charge in [-0.1, -0.05) is 6.07 Å². The van der Waals surface area contributed by atoms with Crippen LogP contribution in [0.4, 0.5) is 5.69 Å². The van der Waals surface area contributed by atoms with Crippen molar-refractivity contribution in [3.05, 3.63) is 45.6 Å². The van der Waals surface area contributed by atoms with E-state index in [1.165, 1.54) is 15.6 Å². The van der Waals surface area contributed by atoms with E-state index in [4.69, 9.17) is 5.73 Å². The Morgan fingerprint density at radius 3 is 2.25 bits per heavy atom. The van der Waals surface area contributed by atoms with Gasteiger partial charge in [0.2, 0.25) is 0 Å². The molecule has 20 heavy (non-hydrogen) atoms. The highest BCUT2D eigenvalue weighted by molar-refractivity contribution is 7.93. The number of hydrogen-bond donors (Lipinski definition) is 1. The summed E-state index contributed by atoms with van der Waals surface area (Å²) in [7, 11) is -1.95. The minimum absolute atomic E-state index is 0.296. The molecular weight excluding hydrogens is 292 g/mol. The van der Waals surface area contributed by atoms with Crippen LogP contribution >= 0.6 is 11.3 Å². The number of nitrogens with zero attached hydrogens (tertiary/aromatic N) is 1. The first kappa shape index (κ1) is 15.0. The van der Waals surface area contributed by atoms with E-state index in [1.807, 2.05) is 32.0 Å². The first-order valence-corrected chi connectivity index (χ1v) is 8.51. The third kappa shape index (κ3) is 2.87. The van der Waals surface area contributed by atoms with Crippen molar-refractivity contribution < 1.29 is 8.42 Å². The maximum atomic E-state index is 12.6. The Hall–Kier alpha value is -1.37. The molecular formula is C14H18N2O2S2. The molecule has 1 aromatic carbocycles. The van der Waals surface area contributed by atoms with Crippen LogP contribution in [0.2, 0.25) is 0 Å². The third-order valence-corrected chi connectivity index (χ3v) is 5.93. The number of anilines is 1. The molecule has 0 aliphatic carbocycles. The van der Waals surface area contributed by atoms with Gasteiger partial charge in [0.1, 0.15) is 0 Å². The van der Waals surface area contributed by atoms with Gasteiger partial charge in [-0.3, -0.25) is 4.31 Å². The molecule has 0 fully saturated rings. The zero-order valence-electron chi connectivity index (χ0n) is 11.8.